The van der Waals surface area contributed by atoms with Gasteiger partial charge in [0.05, 0.1) is 11.9 Å². The van der Waals surface area contributed by atoms with E-state index >= 15 is 0 Å². The third-order valence-corrected chi connectivity index (χ3v) is 6.64. The normalized spacial score (nSPS) is 11.0. The van der Waals surface area contributed by atoms with Crippen LogP contribution in [0.15, 0.2) is 125 Å². The Hall–Kier alpha value is -4.42. The maximum atomic E-state index is 12.6. The van der Waals surface area contributed by atoms with Gasteiger partial charge in [-0.3, -0.25) is 4.79 Å². The molecule has 6 heteroatoms. The van der Waals surface area contributed by atoms with Gasteiger partial charge in [-0.1, -0.05) is 58.4 Å². The Morgan fingerprint density at radius 2 is 1.58 bits per heavy atom. The monoisotopic (exact) mass is 563 g/mol. The summed E-state index contributed by atoms with van der Waals surface area (Å²) in [5, 5.41) is 4.11. The summed E-state index contributed by atoms with van der Waals surface area (Å²) in [6.07, 6.45) is 1.61. The summed E-state index contributed by atoms with van der Waals surface area (Å²) in [4.78, 5) is 12.6. The van der Waals surface area contributed by atoms with Crippen molar-refractivity contribution < 1.29 is 9.53 Å². The number of hydrazone groups is 1. The summed E-state index contributed by atoms with van der Waals surface area (Å²) in [6, 6.07) is 37.6. The van der Waals surface area contributed by atoms with E-state index in [2.05, 4.69) is 62.2 Å². The van der Waals surface area contributed by atoms with Crippen LogP contribution in [0.1, 0.15) is 27.2 Å². The number of carbonyl (C=O) groups is 1. The summed E-state index contributed by atoms with van der Waals surface area (Å²) in [5.41, 5.74) is 9.45. The number of benzene rings is 4. The molecule has 0 saturated heterocycles. The quantitative estimate of drug-likeness (QED) is 0.156. The molecule has 0 unspecified atom stereocenters. The van der Waals surface area contributed by atoms with Gasteiger partial charge in [0.25, 0.3) is 5.91 Å². The number of amides is 1. The second kappa shape index (κ2) is 11.8. The van der Waals surface area contributed by atoms with Crippen LogP contribution < -0.4 is 10.2 Å². The van der Waals surface area contributed by atoms with E-state index in [4.69, 9.17) is 4.74 Å². The van der Waals surface area contributed by atoms with Crippen LogP contribution in [0, 0.1) is 6.92 Å². The number of carbonyl (C=O) groups excluding carboxylic acids is 1. The predicted molar refractivity (Wildman–Crippen MR) is 156 cm³/mol. The van der Waals surface area contributed by atoms with Gasteiger partial charge in [0, 0.05) is 21.4 Å². The number of ether oxygens (including phenoxy) is 1. The zero-order chi connectivity index (χ0) is 26.3. The van der Waals surface area contributed by atoms with Crippen molar-refractivity contribution in [2.75, 3.05) is 0 Å². The fraction of sp³-hybridized carbons (Fsp3) is 0.0625. The fourth-order valence-electron chi connectivity index (χ4n) is 4.10. The van der Waals surface area contributed by atoms with Gasteiger partial charge >= 0.3 is 0 Å². The molecule has 5 aromatic rings. The highest BCUT2D eigenvalue weighted by Crippen LogP contribution is 2.26. The van der Waals surface area contributed by atoms with E-state index in [-0.39, 0.29) is 5.91 Å². The molecule has 1 heterocycles. The molecule has 0 fully saturated rings. The number of hydrogen-bond donors (Lipinski definition) is 1. The topological polar surface area (TPSA) is 55.6 Å². The molecule has 188 valence electrons. The van der Waals surface area contributed by atoms with Crippen LogP contribution in [-0.4, -0.2) is 16.7 Å². The molecule has 1 aromatic heterocycles. The van der Waals surface area contributed by atoms with Gasteiger partial charge in [-0.15, -0.1) is 0 Å². The van der Waals surface area contributed by atoms with Crippen LogP contribution in [0.3, 0.4) is 0 Å². The molecule has 0 aliphatic carbocycles. The third kappa shape index (κ3) is 6.10. The average Bonchev–Trinajstić information content (AvgIpc) is 3.35. The van der Waals surface area contributed by atoms with Gasteiger partial charge in [0.1, 0.15) is 12.4 Å². The van der Waals surface area contributed by atoms with Gasteiger partial charge in [-0.05, 0) is 96.4 Å². The number of aryl methyl sites for hydroxylation is 1. The van der Waals surface area contributed by atoms with E-state index in [1.807, 2.05) is 91.0 Å². The van der Waals surface area contributed by atoms with Crippen molar-refractivity contribution in [2.45, 2.75) is 13.5 Å². The predicted octanol–water partition coefficient (Wildman–Crippen LogP) is 7.56. The average molecular weight is 564 g/mol. The van der Waals surface area contributed by atoms with Crippen LogP contribution >= 0.6 is 15.9 Å². The van der Waals surface area contributed by atoms with Gasteiger partial charge < -0.3 is 9.30 Å². The zero-order valence-electron chi connectivity index (χ0n) is 20.8. The first kappa shape index (κ1) is 25.2. The van der Waals surface area contributed by atoms with E-state index in [1.54, 1.807) is 6.21 Å². The lowest BCUT2D eigenvalue weighted by molar-refractivity contribution is 0.0955. The first-order valence-corrected chi connectivity index (χ1v) is 13.0. The Bertz CT molecular complexity index is 1540. The van der Waals surface area contributed by atoms with Gasteiger partial charge in [-0.25, -0.2) is 5.43 Å². The van der Waals surface area contributed by atoms with E-state index in [0.717, 1.165) is 44.0 Å². The maximum absolute atomic E-state index is 12.6. The molecular weight excluding hydrogens is 538 g/mol. The summed E-state index contributed by atoms with van der Waals surface area (Å²) < 4.78 is 9.05. The Labute approximate surface area is 230 Å². The lowest BCUT2D eigenvalue weighted by Gasteiger charge is -2.12. The molecule has 5 rings (SSSR count). The molecule has 0 saturated carbocycles. The van der Waals surface area contributed by atoms with Crippen LogP contribution in [0.25, 0.3) is 16.9 Å². The standard InChI is InChI=1S/C32H26BrN3O2/c1-23-7-20-31(26-5-3-2-4-6-26)36(23)29-16-12-27(13-17-29)32(37)35-34-21-24-10-18-30(19-11-24)38-22-25-8-14-28(33)15-9-25/h2-21H,22H2,1H3,(H,35,37)/b34-21+. The smallest absolute Gasteiger partial charge is 0.271 e. The number of nitrogens with zero attached hydrogens (tertiary/aromatic N) is 2. The number of rotatable bonds is 8. The van der Waals surface area contributed by atoms with Crippen molar-refractivity contribution in [1.82, 2.24) is 9.99 Å². The number of aromatic nitrogens is 1. The molecule has 0 radical (unpaired) electrons. The van der Waals surface area contributed by atoms with Crippen molar-refractivity contribution in [3.05, 3.63) is 142 Å². The van der Waals surface area contributed by atoms with Crippen LogP contribution in [0.2, 0.25) is 0 Å². The third-order valence-electron chi connectivity index (χ3n) is 6.11. The Kier molecular flexibility index (Phi) is 7.81. The number of nitrogens with one attached hydrogen (secondary N) is 1. The summed E-state index contributed by atoms with van der Waals surface area (Å²) in [5.74, 6) is 0.498. The van der Waals surface area contributed by atoms with Crippen LogP contribution in [0.4, 0.5) is 0 Å². The highest BCUT2D eigenvalue weighted by Gasteiger charge is 2.11. The number of hydrogen-bond acceptors (Lipinski definition) is 3. The van der Waals surface area contributed by atoms with Crippen molar-refractivity contribution in [3.8, 4) is 22.7 Å². The minimum absolute atomic E-state index is 0.269. The molecule has 0 spiro atoms. The first-order valence-electron chi connectivity index (χ1n) is 12.2. The SMILES string of the molecule is Cc1ccc(-c2ccccc2)n1-c1ccc(C(=O)N/N=C/c2ccc(OCc3ccc(Br)cc3)cc2)cc1. The molecule has 38 heavy (non-hydrogen) atoms. The van der Waals surface area contributed by atoms with E-state index in [1.165, 1.54) is 0 Å². The Balaban J connectivity index is 1.18. The van der Waals surface area contributed by atoms with Crippen molar-refractivity contribution in [3.63, 3.8) is 0 Å². The van der Waals surface area contributed by atoms with Crippen LogP contribution in [0.5, 0.6) is 5.75 Å². The molecular formula is C32H26BrN3O2. The summed E-state index contributed by atoms with van der Waals surface area (Å²) >= 11 is 3.43. The highest BCUT2D eigenvalue weighted by atomic mass is 79.9. The largest absolute Gasteiger partial charge is 0.489 e. The van der Waals surface area contributed by atoms with E-state index < -0.39 is 0 Å². The first-order chi connectivity index (χ1) is 18.6. The second-order valence-corrected chi connectivity index (χ2v) is 9.71. The molecule has 1 amide bonds. The highest BCUT2D eigenvalue weighted by molar-refractivity contribution is 9.10. The molecule has 0 atom stereocenters. The minimum atomic E-state index is -0.269. The van der Waals surface area contributed by atoms with E-state index in [0.29, 0.717) is 12.2 Å². The van der Waals surface area contributed by atoms with Gasteiger partial charge in [0.15, 0.2) is 0 Å². The Morgan fingerprint density at radius 3 is 2.29 bits per heavy atom. The summed E-state index contributed by atoms with van der Waals surface area (Å²) in [6.45, 7) is 2.57. The van der Waals surface area contributed by atoms with Crippen LogP contribution in [-0.2, 0) is 6.61 Å². The Morgan fingerprint density at radius 1 is 0.868 bits per heavy atom. The molecule has 0 aliphatic rings. The molecule has 4 aromatic carbocycles. The van der Waals surface area contributed by atoms with Crippen molar-refractivity contribution >= 4 is 28.1 Å². The van der Waals surface area contributed by atoms with Gasteiger partial charge in [0.2, 0.25) is 0 Å². The molecule has 5 nitrogen and oxygen atoms in total. The molecule has 1 N–H and O–H groups in total. The molecule has 0 aliphatic heterocycles. The minimum Gasteiger partial charge on any atom is -0.489 e. The second-order valence-electron chi connectivity index (χ2n) is 8.79. The van der Waals surface area contributed by atoms with E-state index in [9.17, 15) is 4.79 Å². The van der Waals surface area contributed by atoms with Crippen molar-refractivity contribution in [1.29, 1.82) is 0 Å². The van der Waals surface area contributed by atoms with Gasteiger partial charge in [-0.2, -0.15) is 5.10 Å². The fourth-order valence-corrected chi connectivity index (χ4v) is 4.37. The maximum Gasteiger partial charge on any atom is 0.271 e. The molecule has 0 bridgehead atoms. The zero-order valence-corrected chi connectivity index (χ0v) is 22.4. The lowest BCUT2D eigenvalue weighted by atomic mass is 10.1. The lowest BCUT2D eigenvalue weighted by Crippen LogP contribution is -2.17. The summed E-state index contributed by atoms with van der Waals surface area (Å²) in [7, 11) is 0. The van der Waals surface area contributed by atoms with Crippen molar-refractivity contribution in [2.24, 2.45) is 5.10 Å². The number of halogens is 1.